The molecule has 0 heterocycles. The summed E-state index contributed by atoms with van der Waals surface area (Å²) in [6.45, 7) is 17.0. The van der Waals surface area contributed by atoms with Gasteiger partial charge in [-0.15, -0.1) is 0 Å². The van der Waals surface area contributed by atoms with Gasteiger partial charge in [0.1, 0.15) is 11.2 Å². The number of rotatable bonds is 4. The van der Waals surface area contributed by atoms with E-state index in [2.05, 4.69) is 20.8 Å². The zero-order chi connectivity index (χ0) is 30.0. The number of hydrogen-bond donors (Lipinski definition) is 0. The van der Waals surface area contributed by atoms with E-state index in [4.69, 9.17) is 9.47 Å². The molecule has 0 fully saturated rings. The van der Waals surface area contributed by atoms with E-state index >= 15 is 0 Å². The van der Waals surface area contributed by atoms with Gasteiger partial charge in [-0.05, 0) is 76.5 Å². The molecule has 1 aromatic rings. The topological polar surface area (TPSA) is 86.7 Å². The molecular weight excluding hydrogens is 504 g/mol. The smallest absolute Gasteiger partial charge is 0.331 e. The number of allylic oxidation sites excluding steroid dienone is 6. The summed E-state index contributed by atoms with van der Waals surface area (Å²) in [5.74, 6) is -1.14. The largest absolute Gasteiger partial charge is 0.457 e. The molecule has 0 saturated heterocycles. The average molecular weight is 547 g/mol. The molecule has 0 N–H and O–H groups in total. The van der Waals surface area contributed by atoms with Crippen LogP contribution in [0.1, 0.15) is 105 Å². The molecule has 1 aromatic carbocycles. The Morgan fingerprint density at radius 2 is 1.15 bits per heavy atom. The van der Waals surface area contributed by atoms with E-state index in [1.165, 1.54) is 12.2 Å². The first-order valence-electron chi connectivity index (χ1n) is 13.8. The lowest BCUT2D eigenvalue weighted by atomic mass is 9.74. The van der Waals surface area contributed by atoms with Crippen LogP contribution in [-0.4, -0.2) is 34.7 Å². The van der Waals surface area contributed by atoms with Gasteiger partial charge in [-0.1, -0.05) is 62.3 Å². The molecule has 0 spiro atoms. The Morgan fingerprint density at radius 3 is 1.55 bits per heavy atom. The predicted octanol–water partition coefficient (Wildman–Crippen LogP) is 7.01. The molecule has 0 bridgehead atoms. The highest BCUT2D eigenvalue weighted by atomic mass is 16.6. The Bertz CT molecular complexity index is 1340. The lowest BCUT2D eigenvalue weighted by Gasteiger charge is -2.29. The fourth-order valence-corrected chi connectivity index (χ4v) is 4.85. The fraction of sp³-hybridized carbons (Fsp3) is 0.471. The number of Topliss-reactive ketones (excluding diaryl/α,β-unsaturated/α-hetero) is 2. The van der Waals surface area contributed by atoms with Crippen molar-refractivity contribution >= 4 is 34.7 Å². The Morgan fingerprint density at radius 1 is 0.700 bits per heavy atom. The van der Waals surface area contributed by atoms with Gasteiger partial charge in [-0.2, -0.15) is 0 Å². The highest BCUT2D eigenvalue weighted by Gasteiger charge is 2.31. The Hall–Kier alpha value is -3.54. The van der Waals surface area contributed by atoms with Crippen LogP contribution in [0.25, 0.3) is 11.1 Å². The maximum absolute atomic E-state index is 13.5. The lowest BCUT2D eigenvalue weighted by molar-refractivity contribution is -0.149. The minimum atomic E-state index is -0.615. The molecule has 0 aromatic heterocycles. The average Bonchev–Trinajstić information content (AvgIpc) is 2.76. The first-order chi connectivity index (χ1) is 18.3. The second-order valence-corrected chi connectivity index (χ2v) is 13.5. The second kappa shape index (κ2) is 11.5. The summed E-state index contributed by atoms with van der Waals surface area (Å²) in [7, 11) is 0. The fourth-order valence-electron chi connectivity index (χ4n) is 4.85. The SMILES string of the molecule is CC(C)(C)OC(=O)C=C1CC=C(c2cccc(C(C)(C)C)c2C2=CCC(=CC(=O)OC(C)(C)C)CC2=O)C(=O)C1. The van der Waals surface area contributed by atoms with Crippen molar-refractivity contribution < 1.29 is 28.7 Å². The van der Waals surface area contributed by atoms with Crippen molar-refractivity contribution in [1.29, 1.82) is 0 Å². The van der Waals surface area contributed by atoms with E-state index < -0.39 is 23.1 Å². The van der Waals surface area contributed by atoms with E-state index in [0.717, 1.165) is 11.1 Å². The maximum Gasteiger partial charge on any atom is 0.331 e. The van der Waals surface area contributed by atoms with Crippen LogP contribution in [0.3, 0.4) is 0 Å². The minimum absolute atomic E-state index is 0.103. The summed E-state index contributed by atoms with van der Waals surface area (Å²) < 4.78 is 10.8. The molecule has 3 rings (SSSR count). The molecule has 0 atom stereocenters. The molecule has 40 heavy (non-hydrogen) atoms. The zero-order valence-electron chi connectivity index (χ0n) is 25.3. The van der Waals surface area contributed by atoms with Crippen LogP contribution in [-0.2, 0) is 34.1 Å². The third kappa shape index (κ3) is 8.23. The van der Waals surface area contributed by atoms with Crippen LogP contribution in [0.15, 0.2) is 53.6 Å². The number of benzene rings is 1. The van der Waals surface area contributed by atoms with E-state index in [9.17, 15) is 19.2 Å². The first kappa shape index (κ1) is 31.0. The Kier molecular flexibility index (Phi) is 8.93. The van der Waals surface area contributed by atoms with Gasteiger partial charge in [0.2, 0.25) is 0 Å². The Balaban J connectivity index is 2.02. The molecule has 0 aliphatic heterocycles. The van der Waals surface area contributed by atoms with Gasteiger partial charge in [0, 0.05) is 36.1 Å². The van der Waals surface area contributed by atoms with Crippen molar-refractivity contribution in [3.8, 4) is 0 Å². The molecule has 6 nitrogen and oxygen atoms in total. The number of ketones is 2. The maximum atomic E-state index is 13.5. The molecule has 214 valence electrons. The van der Waals surface area contributed by atoms with Gasteiger partial charge >= 0.3 is 11.9 Å². The van der Waals surface area contributed by atoms with E-state index in [0.29, 0.717) is 40.7 Å². The number of carbonyl (C=O) groups excluding carboxylic acids is 4. The first-order valence-corrected chi connectivity index (χ1v) is 13.8. The summed E-state index contributed by atoms with van der Waals surface area (Å²) in [5.41, 5.74) is 3.42. The second-order valence-electron chi connectivity index (χ2n) is 13.5. The summed E-state index contributed by atoms with van der Waals surface area (Å²) in [4.78, 5) is 51.5. The third-order valence-corrected chi connectivity index (χ3v) is 6.40. The van der Waals surface area contributed by atoms with Gasteiger partial charge in [-0.25, -0.2) is 9.59 Å². The lowest BCUT2D eigenvalue weighted by Crippen LogP contribution is -2.23. The molecule has 0 saturated carbocycles. The van der Waals surface area contributed by atoms with Crippen molar-refractivity contribution in [2.24, 2.45) is 0 Å². The standard InChI is InChI=1S/C34H42O6/c1-32(2,3)26-12-10-11-24(23-15-13-21(17-27(23)35)19-29(37)39-33(4,5)6)31(26)25-16-14-22(18-28(25)36)20-30(38)40-34(7,8)9/h10-12,15-16,19-20H,13-14,17-18H2,1-9H3. The van der Waals surface area contributed by atoms with Gasteiger partial charge < -0.3 is 9.47 Å². The molecule has 0 unspecified atom stereocenters. The molecule has 2 aliphatic carbocycles. The summed E-state index contributed by atoms with van der Waals surface area (Å²) >= 11 is 0. The van der Waals surface area contributed by atoms with Crippen molar-refractivity contribution in [2.75, 3.05) is 0 Å². The van der Waals surface area contributed by atoms with Crippen molar-refractivity contribution in [3.05, 3.63) is 70.3 Å². The van der Waals surface area contributed by atoms with Crippen molar-refractivity contribution in [1.82, 2.24) is 0 Å². The van der Waals surface area contributed by atoms with Gasteiger partial charge in [0.25, 0.3) is 0 Å². The number of carbonyl (C=O) groups is 4. The predicted molar refractivity (Wildman–Crippen MR) is 157 cm³/mol. The minimum Gasteiger partial charge on any atom is -0.457 e. The van der Waals surface area contributed by atoms with Crippen LogP contribution in [0.5, 0.6) is 0 Å². The highest BCUT2D eigenvalue weighted by Crippen LogP contribution is 2.40. The number of ether oxygens (including phenoxy) is 2. The summed E-state index contributed by atoms with van der Waals surface area (Å²) in [5, 5.41) is 0. The summed E-state index contributed by atoms with van der Waals surface area (Å²) in [6.07, 6.45) is 7.63. The molecule has 2 aliphatic rings. The molecule has 0 radical (unpaired) electrons. The summed E-state index contributed by atoms with van der Waals surface area (Å²) in [6, 6.07) is 5.80. The van der Waals surface area contributed by atoms with E-state index in [-0.39, 0.29) is 29.8 Å². The molecule has 0 amide bonds. The monoisotopic (exact) mass is 546 g/mol. The van der Waals surface area contributed by atoms with Crippen molar-refractivity contribution in [3.63, 3.8) is 0 Å². The van der Waals surface area contributed by atoms with Crippen molar-refractivity contribution in [2.45, 2.75) is 105 Å². The number of esters is 2. The molecular formula is C34H42O6. The highest BCUT2D eigenvalue weighted by molar-refractivity contribution is 6.28. The van der Waals surface area contributed by atoms with Gasteiger partial charge in [0.15, 0.2) is 11.6 Å². The van der Waals surface area contributed by atoms with Gasteiger partial charge in [-0.3, -0.25) is 9.59 Å². The normalized spacial score (nSPS) is 18.9. The van der Waals surface area contributed by atoms with Crippen LogP contribution < -0.4 is 0 Å². The van der Waals surface area contributed by atoms with Crippen LogP contribution in [0.2, 0.25) is 0 Å². The van der Waals surface area contributed by atoms with Crippen LogP contribution in [0, 0.1) is 0 Å². The van der Waals surface area contributed by atoms with Gasteiger partial charge in [0.05, 0.1) is 0 Å². The molecule has 6 heteroatoms. The van der Waals surface area contributed by atoms with E-state index in [1.807, 2.05) is 30.4 Å². The third-order valence-electron chi connectivity index (χ3n) is 6.40. The van der Waals surface area contributed by atoms with Crippen LogP contribution >= 0.6 is 0 Å². The number of hydrogen-bond acceptors (Lipinski definition) is 6. The quantitative estimate of drug-likeness (QED) is 0.298. The Labute approximate surface area is 238 Å². The van der Waals surface area contributed by atoms with E-state index in [1.54, 1.807) is 41.5 Å². The van der Waals surface area contributed by atoms with Crippen LogP contribution in [0.4, 0.5) is 0 Å². The zero-order valence-corrected chi connectivity index (χ0v) is 25.3.